The third-order valence-corrected chi connectivity index (χ3v) is 2.31. The van der Waals surface area contributed by atoms with Gasteiger partial charge in [0.2, 0.25) is 0 Å². The number of carbonyl (C=O) groups is 3. The van der Waals surface area contributed by atoms with E-state index in [1.54, 1.807) is 0 Å². The second-order valence-corrected chi connectivity index (χ2v) is 5.16. The van der Waals surface area contributed by atoms with E-state index in [2.05, 4.69) is 25.7 Å². The lowest BCUT2D eigenvalue weighted by Gasteiger charge is -2.19. The Kier molecular flexibility index (Phi) is 21.1. The number of carboxylic acid groups (broad SMARTS) is 3. The molecule has 9 nitrogen and oxygen atoms in total. The maximum Gasteiger partial charge on any atom is 0.330 e. The largest absolute Gasteiger partial charge is 0.478 e. The first-order valence-electron chi connectivity index (χ1n) is 7.14. The summed E-state index contributed by atoms with van der Waals surface area (Å²) < 4.78 is 0. The minimum absolute atomic E-state index is 0.176. The Balaban J connectivity index is -0.000000133. The van der Waals surface area contributed by atoms with Crippen molar-refractivity contribution in [2.75, 3.05) is 19.8 Å². The summed E-state index contributed by atoms with van der Waals surface area (Å²) in [5.41, 5.74) is -0.611. The molecule has 0 aliphatic heterocycles. The molecule has 6 N–H and O–H groups in total. The first-order chi connectivity index (χ1) is 12.2. The van der Waals surface area contributed by atoms with Gasteiger partial charge in [-0.15, -0.1) is 6.42 Å². The molecule has 0 saturated carbocycles. The van der Waals surface area contributed by atoms with Crippen LogP contribution >= 0.6 is 0 Å². The number of carboxylic acids is 3. The maximum atomic E-state index is 9.60. The Labute approximate surface area is 158 Å². The van der Waals surface area contributed by atoms with Crippen LogP contribution < -0.4 is 0 Å². The van der Waals surface area contributed by atoms with Crippen molar-refractivity contribution in [3.8, 4) is 12.3 Å². The molecule has 0 fully saturated rings. The Morgan fingerprint density at radius 2 is 0.889 bits per heavy atom. The van der Waals surface area contributed by atoms with Gasteiger partial charge >= 0.3 is 17.9 Å². The summed E-state index contributed by atoms with van der Waals surface area (Å²) in [4.78, 5) is 28.8. The number of hydrogen-bond donors (Lipinski definition) is 6. The third-order valence-electron chi connectivity index (χ3n) is 2.31. The van der Waals surface area contributed by atoms with Crippen LogP contribution in [-0.4, -0.2) is 68.4 Å². The summed E-state index contributed by atoms with van der Waals surface area (Å²) in [6, 6.07) is 0. The van der Waals surface area contributed by atoms with Gasteiger partial charge in [0.25, 0.3) is 0 Å². The van der Waals surface area contributed by atoms with Crippen LogP contribution in [0.2, 0.25) is 0 Å². The van der Waals surface area contributed by atoms with Gasteiger partial charge in [0.1, 0.15) is 5.41 Å². The normalized spacial score (nSPS) is 8.63. The molecule has 0 amide bonds. The summed E-state index contributed by atoms with van der Waals surface area (Å²) in [6.07, 6.45) is 4.91. The molecule has 27 heavy (non-hydrogen) atoms. The third kappa shape index (κ3) is 23.1. The Morgan fingerprint density at radius 3 is 0.889 bits per heavy atom. The van der Waals surface area contributed by atoms with Gasteiger partial charge < -0.3 is 30.6 Å². The van der Waals surface area contributed by atoms with E-state index in [-0.39, 0.29) is 16.7 Å². The van der Waals surface area contributed by atoms with Crippen molar-refractivity contribution >= 4 is 17.9 Å². The highest BCUT2D eigenvalue weighted by Crippen LogP contribution is 2.11. The zero-order valence-electron chi connectivity index (χ0n) is 15.7. The van der Waals surface area contributed by atoms with E-state index < -0.39 is 43.1 Å². The fourth-order valence-corrected chi connectivity index (χ4v) is 0.287. The molecule has 0 aliphatic rings. The highest BCUT2D eigenvalue weighted by molar-refractivity contribution is 5.85. The van der Waals surface area contributed by atoms with Gasteiger partial charge in [-0.3, -0.25) is 0 Å². The number of aliphatic hydroxyl groups is 3. The molecule has 0 aromatic carbocycles. The smallest absolute Gasteiger partial charge is 0.330 e. The quantitative estimate of drug-likeness (QED) is 0.280. The lowest BCUT2D eigenvalue weighted by Crippen LogP contribution is -2.31. The molecular formula is C18H28O9. The fraction of sp³-hybridized carbons (Fsp3) is 0.389. The fourth-order valence-electron chi connectivity index (χ4n) is 0.287. The topological polar surface area (TPSA) is 173 Å². The van der Waals surface area contributed by atoms with Crippen LogP contribution in [0.1, 0.15) is 20.8 Å². The predicted octanol–water partition coefficient (Wildman–Crippen LogP) is 0.524. The van der Waals surface area contributed by atoms with Crippen molar-refractivity contribution in [3.05, 3.63) is 36.5 Å². The first-order valence-corrected chi connectivity index (χ1v) is 7.14. The minimum atomic E-state index is -1.14. The number of aliphatic carboxylic acids is 3. The number of rotatable bonds is 6. The predicted molar refractivity (Wildman–Crippen MR) is 99.9 cm³/mol. The van der Waals surface area contributed by atoms with Gasteiger partial charge in [0.15, 0.2) is 0 Å². The van der Waals surface area contributed by atoms with Gasteiger partial charge in [0, 0.05) is 16.7 Å². The van der Waals surface area contributed by atoms with Crippen LogP contribution in [0.4, 0.5) is 0 Å². The molecule has 0 radical (unpaired) electrons. The molecule has 0 aromatic heterocycles. The summed E-state index contributed by atoms with van der Waals surface area (Å²) in [7, 11) is 0. The lowest BCUT2D eigenvalue weighted by atomic mass is 9.93. The monoisotopic (exact) mass is 388 g/mol. The molecule has 154 valence electrons. The molecule has 0 aromatic rings. The number of aliphatic hydroxyl groups excluding tert-OH is 3. The molecule has 0 spiro atoms. The highest BCUT2D eigenvalue weighted by atomic mass is 16.4. The molecule has 0 aliphatic carbocycles. The van der Waals surface area contributed by atoms with Crippen LogP contribution in [0.5, 0.6) is 0 Å². The maximum absolute atomic E-state index is 9.60. The number of hydrogen-bond acceptors (Lipinski definition) is 6. The van der Waals surface area contributed by atoms with Crippen LogP contribution in [0.25, 0.3) is 0 Å². The molecular weight excluding hydrogens is 360 g/mol. The van der Waals surface area contributed by atoms with Gasteiger partial charge in [-0.25, -0.2) is 14.4 Å². The lowest BCUT2D eigenvalue weighted by molar-refractivity contribution is -0.133. The van der Waals surface area contributed by atoms with Crippen LogP contribution in [0.15, 0.2) is 36.5 Å². The van der Waals surface area contributed by atoms with Gasteiger partial charge in [-0.05, 0) is 20.8 Å². The summed E-state index contributed by atoms with van der Waals surface area (Å²) in [6.45, 7) is 12.6. The first kappa shape index (κ1) is 31.8. The Bertz CT molecular complexity index is 463. The minimum Gasteiger partial charge on any atom is -0.478 e. The van der Waals surface area contributed by atoms with E-state index in [9.17, 15) is 14.4 Å². The summed E-state index contributed by atoms with van der Waals surface area (Å²) >= 11 is 0. The average molecular weight is 388 g/mol. The highest BCUT2D eigenvalue weighted by Gasteiger charge is 2.24. The van der Waals surface area contributed by atoms with Crippen LogP contribution in [0.3, 0.4) is 0 Å². The van der Waals surface area contributed by atoms with Crippen molar-refractivity contribution in [2.45, 2.75) is 20.8 Å². The van der Waals surface area contributed by atoms with E-state index in [4.69, 9.17) is 37.1 Å². The number of terminal acetylenes is 1. The van der Waals surface area contributed by atoms with E-state index in [0.717, 1.165) is 0 Å². The average Bonchev–Trinajstić information content (AvgIpc) is 2.58. The molecule has 0 rings (SSSR count). The standard InChI is InChI=1S/C6H10O3.3C4H6O2/c1-2-6(3-7,4-8)5-9;3*1-3(2)4(5)6/h1,7-9H,3-5H2;3*1H2,2H3,(H,5,6). The summed E-state index contributed by atoms with van der Waals surface area (Å²) in [5, 5.41) is 49.2. The Morgan fingerprint density at radius 1 is 0.741 bits per heavy atom. The second kappa shape index (κ2) is 17.9. The van der Waals surface area contributed by atoms with E-state index >= 15 is 0 Å². The van der Waals surface area contributed by atoms with Gasteiger partial charge in [0.05, 0.1) is 19.8 Å². The molecule has 0 atom stereocenters. The van der Waals surface area contributed by atoms with Gasteiger partial charge in [-0.2, -0.15) is 0 Å². The van der Waals surface area contributed by atoms with Crippen molar-refractivity contribution in [1.29, 1.82) is 0 Å². The molecule has 9 heteroatoms. The van der Waals surface area contributed by atoms with E-state index in [0.29, 0.717) is 0 Å². The zero-order valence-corrected chi connectivity index (χ0v) is 15.7. The van der Waals surface area contributed by atoms with Crippen molar-refractivity contribution < 1.29 is 45.0 Å². The SMILES string of the molecule is C#CC(CO)(CO)CO.C=C(C)C(=O)O.C=C(C)C(=O)O.C=C(C)C(=O)O. The van der Waals surface area contributed by atoms with E-state index in [1.165, 1.54) is 20.8 Å². The molecule has 0 unspecified atom stereocenters. The van der Waals surface area contributed by atoms with E-state index in [1.807, 2.05) is 0 Å². The molecule has 0 bridgehead atoms. The van der Waals surface area contributed by atoms with Crippen LogP contribution in [0, 0.1) is 17.8 Å². The molecule has 0 heterocycles. The van der Waals surface area contributed by atoms with Crippen molar-refractivity contribution in [1.82, 2.24) is 0 Å². The van der Waals surface area contributed by atoms with Gasteiger partial charge in [-0.1, -0.05) is 25.7 Å². The second-order valence-electron chi connectivity index (χ2n) is 5.16. The Hall–Kier alpha value is -2.93. The molecule has 0 saturated heterocycles. The van der Waals surface area contributed by atoms with Crippen molar-refractivity contribution in [2.24, 2.45) is 5.41 Å². The zero-order chi connectivity index (χ0) is 22.8. The van der Waals surface area contributed by atoms with Crippen LogP contribution in [-0.2, 0) is 14.4 Å². The summed E-state index contributed by atoms with van der Waals surface area (Å²) in [5.74, 6) is -0.691. The van der Waals surface area contributed by atoms with Crippen molar-refractivity contribution in [3.63, 3.8) is 0 Å².